The smallest absolute Gasteiger partial charge is 0.321 e. The van der Waals surface area contributed by atoms with E-state index in [0.29, 0.717) is 0 Å². The second-order valence-electron chi connectivity index (χ2n) is 3.12. The van der Waals surface area contributed by atoms with Crippen molar-refractivity contribution in [2.24, 2.45) is 5.73 Å². The van der Waals surface area contributed by atoms with Gasteiger partial charge in [0.2, 0.25) is 10.0 Å². The summed E-state index contributed by atoms with van der Waals surface area (Å²) in [7, 11) is -3.52. The number of carbonyl (C=O) groups is 1. The second-order valence-corrected chi connectivity index (χ2v) is 4.92. The zero-order valence-electron chi connectivity index (χ0n) is 6.93. The van der Waals surface area contributed by atoms with E-state index in [9.17, 15) is 13.2 Å². The third-order valence-electron chi connectivity index (χ3n) is 1.64. The van der Waals surface area contributed by atoms with Crippen LogP contribution in [0.5, 0.6) is 0 Å². The van der Waals surface area contributed by atoms with E-state index in [2.05, 4.69) is 4.72 Å². The molecule has 0 bridgehead atoms. The molecule has 0 aromatic rings. The SMILES string of the molecule is NC(CS(=O)(=O)NC1CC1)C(=O)O. The zero-order valence-corrected chi connectivity index (χ0v) is 7.75. The molecular formula is C6H12N2O4S. The molecule has 0 radical (unpaired) electrons. The van der Waals surface area contributed by atoms with Gasteiger partial charge in [0.1, 0.15) is 6.04 Å². The molecule has 0 aromatic heterocycles. The average molecular weight is 208 g/mol. The van der Waals surface area contributed by atoms with Crippen LogP contribution in [-0.4, -0.2) is 37.3 Å². The Labute approximate surface area is 76.2 Å². The molecule has 0 aromatic carbocycles. The molecule has 0 spiro atoms. The Morgan fingerprint density at radius 2 is 2.15 bits per heavy atom. The molecule has 1 rings (SSSR count). The van der Waals surface area contributed by atoms with Gasteiger partial charge < -0.3 is 10.8 Å². The summed E-state index contributed by atoms with van der Waals surface area (Å²) in [5, 5.41) is 8.38. The normalized spacial score (nSPS) is 19.8. The highest BCUT2D eigenvalue weighted by Gasteiger charge is 2.29. The van der Waals surface area contributed by atoms with Gasteiger partial charge in [-0.2, -0.15) is 0 Å². The molecule has 7 heteroatoms. The Hall–Kier alpha value is -0.660. The van der Waals surface area contributed by atoms with E-state index in [-0.39, 0.29) is 6.04 Å². The van der Waals surface area contributed by atoms with Crippen molar-refractivity contribution < 1.29 is 18.3 Å². The Kier molecular flexibility index (Phi) is 2.89. The minimum absolute atomic E-state index is 0.00834. The maximum atomic E-state index is 11.1. The van der Waals surface area contributed by atoms with Gasteiger partial charge in [-0.15, -0.1) is 0 Å². The summed E-state index contributed by atoms with van der Waals surface area (Å²) in [5.41, 5.74) is 5.08. The van der Waals surface area contributed by atoms with Gasteiger partial charge >= 0.3 is 5.97 Å². The van der Waals surface area contributed by atoms with Gasteiger partial charge in [-0.25, -0.2) is 13.1 Å². The lowest BCUT2D eigenvalue weighted by atomic mass is 10.4. The number of sulfonamides is 1. The predicted octanol–water partition coefficient (Wildman–Crippen LogP) is -1.52. The van der Waals surface area contributed by atoms with E-state index in [1.807, 2.05) is 0 Å². The van der Waals surface area contributed by atoms with Crippen LogP contribution < -0.4 is 10.5 Å². The fourth-order valence-electron chi connectivity index (χ4n) is 0.811. The Morgan fingerprint density at radius 1 is 1.62 bits per heavy atom. The summed E-state index contributed by atoms with van der Waals surface area (Å²) in [6, 6.07) is -1.36. The van der Waals surface area contributed by atoms with E-state index in [1.165, 1.54) is 0 Å². The zero-order chi connectivity index (χ0) is 10.1. The maximum Gasteiger partial charge on any atom is 0.321 e. The first-order chi connectivity index (χ1) is 5.91. The molecule has 1 atom stereocenters. The Morgan fingerprint density at radius 3 is 2.54 bits per heavy atom. The van der Waals surface area contributed by atoms with Crippen LogP contribution in [0, 0.1) is 0 Å². The molecule has 1 unspecified atom stereocenters. The maximum absolute atomic E-state index is 11.1. The molecule has 0 amide bonds. The lowest BCUT2D eigenvalue weighted by molar-refractivity contribution is -0.137. The highest BCUT2D eigenvalue weighted by atomic mass is 32.2. The number of hydrogen-bond donors (Lipinski definition) is 3. The number of nitrogens with two attached hydrogens (primary N) is 1. The lowest BCUT2D eigenvalue weighted by Gasteiger charge is -2.07. The predicted molar refractivity (Wildman–Crippen MR) is 45.6 cm³/mol. The molecule has 13 heavy (non-hydrogen) atoms. The third-order valence-corrected chi connectivity index (χ3v) is 3.13. The fourth-order valence-corrected chi connectivity index (χ4v) is 2.27. The number of aliphatic carboxylic acids is 1. The fraction of sp³-hybridized carbons (Fsp3) is 0.833. The molecular weight excluding hydrogens is 196 g/mol. The lowest BCUT2D eigenvalue weighted by Crippen LogP contribution is -2.42. The van der Waals surface area contributed by atoms with Crippen molar-refractivity contribution in [3.8, 4) is 0 Å². The highest BCUT2D eigenvalue weighted by molar-refractivity contribution is 7.89. The van der Waals surface area contributed by atoms with Gasteiger partial charge in [-0.05, 0) is 12.8 Å². The summed E-state index contributed by atoms with van der Waals surface area (Å²) in [6.45, 7) is 0. The second kappa shape index (κ2) is 3.60. The van der Waals surface area contributed by atoms with Crippen LogP contribution in [0.3, 0.4) is 0 Å². The summed E-state index contributed by atoms with van der Waals surface area (Å²) in [5.74, 6) is -1.86. The quantitative estimate of drug-likeness (QED) is 0.508. The molecule has 6 nitrogen and oxygen atoms in total. The number of hydrogen-bond acceptors (Lipinski definition) is 4. The van der Waals surface area contributed by atoms with Crippen LogP contribution in [0.15, 0.2) is 0 Å². The topological polar surface area (TPSA) is 109 Å². The molecule has 1 fully saturated rings. The number of rotatable bonds is 5. The summed E-state index contributed by atoms with van der Waals surface area (Å²) < 4.78 is 24.6. The van der Waals surface area contributed by atoms with Gasteiger partial charge in [0, 0.05) is 6.04 Å². The molecule has 1 aliphatic carbocycles. The van der Waals surface area contributed by atoms with Crippen molar-refractivity contribution in [1.82, 2.24) is 4.72 Å². The van der Waals surface area contributed by atoms with Crippen molar-refractivity contribution in [2.45, 2.75) is 24.9 Å². The van der Waals surface area contributed by atoms with Crippen molar-refractivity contribution in [3.05, 3.63) is 0 Å². The molecule has 1 aliphatic rings. The summed E-state index contributed by atoms with van der Waals surface area (Å²) >= 11 is 0. The van der Waals surface area contributed by atoms with E-state index < -0.39 is 27.8 Å². The number of carboxylic acids is 1. The standard InChI is InChI=1S/C6H12N2O4S/c7-5(6(9)10)3-13(11,12)8-4-1-2-4/h4-5,8H,1-3,7H2,(H,9,10). The van der Waals surface area contributed by atoms with Crippen LogP contribution in [0.2, 0.25) is 0 Å². The molecule has 0 heterocycles. The van der Waals surface area contributed by atoms with Gasteiger partial charge in [0.15, 0.2) is 0 Å². The van der Waals surface area contributed by atoms with Crippen LogP contribution in [0.4, 0.5) is 0 Å². The van der Waals surface area contributed by atoms with E-state index in [1.54, 1.807) is 0 Å². The van der Waals surface area contributed by atoms with E-state index >= 15 is 0 Å². The number of nitrogens with one attached hydrogen (secondary N) is 1. The van der Waals surface area contributed by atoms with Gasteiger partial charge in [0.05, 0.1) is 5.75 Å². The Bertz CT molecular complexity index is 296. The highest BCUT2D eigenvalue weighted by Crippen LogP contribution is 2.19. The van der Waals surface area contributed by atoms with Crippen LogP contribution in [0.25, 0.3) is 0 Å². The van der Waals surface area contributed by atoms with Crippen molar-refractivity contribution in [2.75, 3.05) is 5.75 Å². The first-order valence-corrected chi connectivity index (χ1v) is 5.54. The molecule has 4 N–H and O–H groups in total. The van der Waals surface area contributed by atoms with Crippen molar-refractivity contribution in [3.63, 3.8) is 0 Å². The molecule has 1 saturated carbocycles. The van der Waals surface area contributed by atoms with Gasteiger partial charge in [-0.1, -0.05) is 0 Å². The number of carboxylic acid groups (broad SMARTS) is 1. The van der Waals surface area contributed by atoms with Gasteiger partial charge in [0.25, 0.3) is 0 Å². The first-order valence-electron chi connectivity index (χ1n) is 3.89. The van der Waals surface area contributed by atoms with Crippen LogP contribution >= 0.6 is 0 Å². The van der Waals surface area contributed by atoms with Crippen molar-refractivity contribution in [1.29, 1.82) is 0 Å². The largest absolute Gasteiger partial charge is 0.480 e. The molecule has 0 aliphatic heterocycles. The van der Waals surface area contributed by atoms with Gasteiger partial charge in [-0.3, -0.25) is 4.79 Å². The third kappa shape index (κ3) is 3.71. The van der Waals surface area contributed by atoms with Crippen molar-refractivity contribution >= 4 is 16.0 Å². The molecule has 0 saturated heterocycles. The summed E-state index contributed by atoms with van der Waals surface area (Å²) in [4.78, 5) is 10.3. The summed E-state index contributed by atoms with van der Waals surface area (Å²) in [6.07, 6.45) is 1.64. The first kappa shape index (κ1) is 10.4. The van der Waals surface area contributed by atoms with Crippen LogP contribution in [0.1, 0.15) is 12.8 Å². The minimum Gasteiger partial charge on any atom is -0.480 e. The van der Waals surface area contributed by atoms with E-state index in [4.69, 9.17) is 10.8 Å². The monoisotopic (exact) mass is 208 g/mol. The average Bonchev–Trinajstić information content (AvgIpc) is 2.69. The molecule has 76 valence electrons. The van der Waals surface area contributed by atoms with E-state index in [0.717, 1.165) is 12.8 Å². The van der Waals surface area contributed by atoms with Crippen LogP contribution in [-0.2, 0) is 14.8 Å². The minimum atomic E-state index is -3.52. The Balaban J connectivity index is 2.45.